The molecule has 1 fully saturated rings. The van der Waals surface area contributed by atoms with E-state index in [1.807, 2.05) is 13.8 Å². The first-order chi connectivity index (χ1) is 9.31. The average molecular weight is 299 g/mol. The molecule has 6 nitrogen and oxygen atoms in total. The summed E-state index contributed by atoms with van der Waals surface area (Å²) in [6.45, 7) is 5.75. The van der Waals surface area contributed by atoms with Crippen LogP contribution in [0, 0.1) is 6.92 Å². The fraction of sp³-hybridized carbons (Fsp3) is 0.615. The first kappa shape index (κ1) is 14.8. The zero-order valence-corrected chi connectivity index (χ0v) is 12.9. The van der Waals surface area contributed by atoms with Gasteiger partial charge in [0.1, 0.15) is 6.04 Å². The molecule has 2 unspecified atom stereocenters. The molecule has 2 amide bonds. The van der Waals surface area contributed by atoms with Crippen molar-refractivity contribution in [2.24, 2.45) is 7.05 Å². The predicted octanol–water partition coefficient (Wildman–Crippen LogP) is 1.01. The highest BCUT2D eigenvalue weighted by molar-refractivity contribution is 6.31. The lowest BCUT2D eigenvalue weighted by atomic mass is 10.2. The van der Waals surface area contributed by atoms with Crippen LogP contribution in [0.1, 0.15) is 31.7 Å². The maximum Gasteiger partial charge on any atom is 0.245 e. The van der Waals surface area contributed by atoms with Gasteiger partial charge in [-0.25, -0.2) is 0 Å². The van der Waals surface area contributed by atoms with E-state index in [-0.39, 0.29) is 17.9 Å². The summed E-state index contributed by atoms with van der Waals surface area (Å²) in [5.74, 6) is -0.202. The predicted molar refractivity (Wildman–Crippen MR) is 75.2 cm³/mol. The number of nitrogens with zero attached hydrogens (tertiary/aromatic N) is 3. The summed E-state index contributed by atoms with van der Waals surface area (Å²) in [6.07, 6.45) is 0.296. The lowest BCUT2D eigenvalue weighted by Crippen LogP contribution is -2.44. The monoisotopic (exact) mass is 298 g/mol. The minimum atomic E-state index is -0.513. The fourth-order valence-electron chi connectivity index (χ4n) is 2.45. The largest absolute Gasteiger partial charge is 0.345 e. The van der Waals surface area contributed by atoms with Crippen LogP contribution in [-0.2, 0) is 23.2 Å². The van der Waals surface area contributed by atoms with Gasteiger partial charge >= 0.3 is 0 Å². The Bertz CT molecular complexity index is 555. The summed E-state index contributed by atoms with van der Waals surface area (Å²) in [6, 6.07) is -0.681. The number of hydrogen-bond acceptors (Lipinski definition) is 3. The summed E-state index contributed by atoms with van der Waals surface area (Å²) in [5, 5.41) is 7.51. The number of carbonyl (C=O) groups is 2. The topological polar surface area (TPSA) is 67.2 Å². The Morgan fingerprint density at radius 1 is 1.40 bits per heavy atom. The Kier molecular flexibility index (Phi) is 4.04. The summed E-state index contributed by atoms with van der Waals surface area (Å²) >= 11 is 6.23. The van der Waals surface area contributed by atoms with Crippen molar-refractivity contribution in [2.45, 2.75) is 45.8 Å². The number of amides is 2. The second kappa shape index (κ2) is 5.44. The quantitative estimate of drug-likeness (QED) is 0.886. The van der Waals surface area contributed by atoms with Gasteiger partial charge in [0.05, 0.1) is 23.0 Å². The van der Waals surface area contributed by atoms with E-state index >= 15 is 0 Å². The standard InChI is InChI=1S/C13H19ClN4O2/c1-7-5-11(19)15-9(3)13(20)18(7)6-10-12(14)8(2)16-17(10)4/h7,9H,5-6H2,1-4H3,(H,15,19). The summed E-state index contributed by atoms with van der Waals surface area (Å²) in [4.78, 5) is 25.7. The van der Waals surface area contributed by atoms with E-state index in [1.165, 1.54) is 0 Å². The molecular formula is C13H19ClN4O2. The van der Waals surface area contributed by atoms with Crippen LogP contribution in [0.5, 0.6) is 0 Å². The molecule has 1 saturated heterocycles. The summed E-state index contributed by atoms with van der Waals surface area (Å²) in [5.41, 5.74) is 1.52. The van der Waals surface area contributed by atoms with Gasteiger partial charge in [-0.05, 0) is 20.8 Å². The van der Waals surface area contributed by atoms with E-state index in [2.05, 4.69) is 10.4 Å². The highest BCUT2D eigenvalue weighted by Gasteiger charge is 2.32. The molecule has 0 aromatic carbocycles. The van der Waals surface area contributed by atoms with Gasteiger partial charge in [0.15, 0.2) is 0 Å². The maximum absolute atomic E-state index is 12.4. The van der Waals surface area contributed by atoms with E-state index in [1.54, 1.807) is 23.6 Å². The van der Waals surface area contributed by atoms with Crippen molar-refractivity contribution in [3.63, 3.8) is 0 Å². The second-order valence-electron chi connectivity index (χ2n) is 5.28. The third-order valence-electron chi connectivity index (χ3n) is 3.63. The molecular weight excluding hydrogens is 280 g/mol. The van der Waals surface area contributed by atoms with Gasteiger partial charge in [-0.1, -0.05) is 11.6 Å². The number of aryl methyl sites for hydroxylation is 2. The minimum Gasteiger partial charge on any atom is -0.345 e. The van der Waals surface area contributed by atoms with Gasteiger partial charge in [-0.15, -0.1) is 0 Å². The normalized spacial score (nSPS) is 23.8. The second-order valence-corrected chi connectivity index (χ2v) is 5.66. The van der Waals surface area contributed by atoms with Gasteiger partial charge in [-0.2, -0.15) is 5.10 Å². The molecule has 0 radical (unpaired) electrons. The molecule has 2 rings (SSSR count). The Hall–Kier alpha value is -1.56. The third kappa shape index (κ3) is 2.65. The average Bonchev–Trinajstić information content (AvgIpc) is 2.54. The molecule has 1 N–H and O–H groups in total. The summed E-state index contributed by atoms with van der Waals surface area (Å²) < 4.78 is 1.68. The van der Waals surface area contributed by atoms with Gasteiger partial charge in [0.2, 0.25) is 11.8 Å². The smallest absolute Gasteiger partial charge is 0.245 e. The first-order valence-corrected chi connectivity index (χ1v) is 6.97. The Morgan fingerprint density at radius 3 is 2.60 bits per heavy atom. The molecule has 1 aliphatic heterocycles. The number of carbonyl (C=O) groups excluding carboxylic acids is 2. The molecule has 1 aromatic heterocycles. The van der Waals surface area contributed by atoms with E-state index in [9.17, 15) is 9.59 Å². The van der Waals surface area contributed by atoms with Gasteiger partial charge in [0.25, 0.3) is 0 Å². The van der Waals surface area contributed by atoms with E-state index in [4.69, 9.17) is 11.6 Å². The SMILES string of the molecule is Cc1nn(C)c(CN2C(=O)C(C)NC(=O)CC2C)c1Cl. The van der Waals surface area contributed by atoms with E-state index in [0.29, 0.717) is 18.0 Å². The minimum absolute atomic E-state index is 0.0988. The van der Waals surface area contributed by atoms with Crippen molar-refractivity contribution in [3.8, 4) is 0 Å². The molecule has 0 bridgehead atoms. The number of hydrogen-bond donors (Lipinski definition) is 1. The van der Waals surface area contributed by atoms with Crippen molar-refractivity contribution in [1.29, 1.82) is 0 Å². The molecule has 7 heteroatoms. The molecule has 20 heavy (non-hydrogen) atoms. The molecule has 110 valence electrons. The first-order valence-electron chi connectivity index (χ1n) is 6.59. The number of halogens is 1. The number of aromatic nitrogens is 2. The van der Waals surface area contributed by atoms with Crippen molar-refractivity contribution in [3.05, 3.63) is 16.4 Å². The van der Waals surface area contributed by atoms with Crippen molar-refractivity contribution in [1.82, 2.24) is 20.0 Å². The number of nitrogens with one attached hydrogen (secondary N) is 1. The zero-order valence-electron chi connectivity index (χ0n) is 12.1. The van der Waals surface area contributed by atoms with Crippen LogP contribution in [0.3, 0.4) is 0 Å². The van der Waals surface area contributed by atoms with Crippen molar-refractivity contribution < 1.29 is 9.59 Å². The van der Waals surface area contributed by atoms with Crippen LogP contribution in [0.25, 0.3) is 0 Å². The third-order valence-corrected chi connectivity index (χ3v) is 4.12. The highest BCUT2D eigenvalue weighted by Crippen LogP contribution is 2.23. The fourth-order valence-corrected chi connectivity index (χ4v) is 2.67. The van der Waals surface area contributed by atoms with Gasteiger partial charge < -0.3 is 10.2 Å². The van der Waals surface area contributed by atoms with Crippen molar-refractivity contribution in [2.75, 3.05) is 0 Å². The van der Waals surface area contributed by atoms with Crippen LogP contribution in [-0.4, -0.2) is 38.6 Å². The van der Waals surface area contributed by atoms with Gasteiger partial charge in [-0.3, -0.25) is 14.3 Å². The van der Waals surface area contributed by atoms with Crippen molar-refractivity contribution >= 4 is 23.4 Å². The van der Waals surface area contributed by atoms with Crippen LogP contribution in [0.4, 0.5) is 0 Å². The molecule has 1 aromatic rings. The van der Waals surface area contributed by atoms with Gasteiger partial charge in [0, 0.05) is 19.5 Å². The molecule has 0 spiro atoms. The lowest BCUT2D eigenvalue weighted by Gasteiger charge is -2.28. The van der Waals surface area contributed by atoms with Crippen LogP contribution in [0.2, 0.25) is 5.02 Å². The van der Waals surface area contributed by atoms with Crippen LogP contribution < -0.4 is 5.32 Å². The highest BCUT2D eigenvalue weighted by atomic mass is 35.5. The zero-order chi connectivity index (χ0) is 15.0. The lowest BCUT2D eigenvalue weighted by molar-refractivity contribution is -0.135. The molecule has 0 aliphatic carbocycles. The molecule has 2 atom stereocenters. The maximum atomic E-state index is 12.4. The Labute approximate surface area is 123 Å². The Balaban J connectivity index is 2.30. The number of rotatable bonds is 2. The van der Waals surface area contributed by atoms with E-state index < -0.39 is 6.04 Å². The molecule has 2 heterocycles. The summed E-state index contributed by atoms with van der Waals surface area (Å²) in [7, 11) is 1.80. The van der Waals surface area contributed by atoms with E-state index in [0.717, 1.165) is 11.4 Å². The van der Waals surface area contributed by atoms with Crippen LogP contribution in [0.15, 0.2) is 0 Å². The Morgan fingerprint density at radius 2 is 2.05 bits per heavy atom. The molecule has 0 saturated carbocycles. The van der Waals surface area contributed by atoms with Crippen LogP contribution >= 0.6 is 11.6 Å². The molecule has 1 aliphatic rings.